The van der Waals surface area contributed by atoms with Gasteiger partial charge in [-0.1, -0.05) is 58.0 Å². The second kappa shape index (κ2) is 27.2. The number of hydrogen-bond donors (Lipinski definition) is 6. The number of aliphatic hydroxyl groups excluding tert-OH is 4. The highest BCUT2D eigenvalue weighted by atomic mass is 33.1. The molecule has 3 rings (SSSR count). The molecule has 296 valence electrons. The molecule has 0 saturated carbocycles. The Morgan fingerprint density at radius 2 is 1.22 bits per heavy atom. The van der Waals surface area contributed by atoms with Gasteiger partial charge in [-0.25, -0.2) is 0 Å². The van der Waals surface area contributed by atoms with Crippen LogP contribution in [0.1, 0.15) is 23.7 Å². The van der Waals surface area contributed by atoms with Crippen LogP contribution in [0.15, 0.2) is 96.1 Å². The number of carbonyl (C=O) groups is 2. The standard InChI is InChI=1S/C41H54N6O6S2/c1-2-5-36(13-7-34-9-15-38(16-10-34)45(22-26-48)23-27-49)44-32-40(52)42-19-30-54-55-31-20-43-41(53)33-47-21-4-3-6-37(47)14-8-35-11-17-39(18-12-35)46(24-28-50)25-29-51/h2-18,21,48-51H,19-20,22-33H2,1H3,(H-,42,43,52,53)/p+1/b5-2-,13-7+,44-36-. The van der Waals surface area contributed by atoms with Gasteiger partial charge in [0.2, 0.25) is 18.1 Å². The fourth-order valence-electron chi connectivity index (χ4n) is 5.31. The maximum atomic E-state index is 12.7. The Hall–Kier alpha value is -4.44. The molecule has 0 spiro atoms. The average molecular weight is 792 g/mol. The highest BCUT2D eigenvalue weighted by Crippen LogP contribution is 2.20. The number of nitrogens with one attached hydrogen (secondary N) is 2. The van der Waals surface area contributed by atoms with E-state index < -0.39 is 0 Å². The molecule has 1 aromatic heterocycles. The minimum atomic E-state index is -0.157. The summed E-state index contributed by atoms with van der Waals surface area (Å²) in [7, 11) is 3.28. The molecular formula is C41H55N6O6S2+. The lowest BCUT2D eigenvalue weighted by molar-refractivity contribution is -0.686. The summed E-state index contributed by atoms with van der Waals surface area (Å²) in [6, 6.07) is 21.5. The lowest BCUT2D eigenvalue weighted by Gasteiger charge is -2.22. The van der Waals surface area contributed by atoms with Crippen LogP contribution in [0.25, 0.3) is 18.2 Å². The van der Waals surface area contributed by atoms with Crippen LogP contribution in [0.4, 0.5) is 11.4 Å². The fraction of sp³-hybridized carbons (Fsp3) is 0.366. The molecule has 0 saturated heterocycles. The van der Waals surface area contributed by atoms with Crippen molar-refractivity contribution in [3.05, 3.63) is 108 Å². The first-order chi connectivity index (χ1) is 26.9. The summed E-state index contributed by atoms with van der Waals surface area (Å²) >= 11 is 0. The van der Waals surface area contributed by atoms with E-state index in [1.807, 2.05) is 131 Å². The summed E-state index contributed by atoms with van der Waals surface area (Å²) in [5, 5.41) is 43.0. The van der Waals surface area contributed by atoms with Gasteiger partial charge in [0.1, 0.15) is 6.54 Å². The topological polar surface area (TPSA) is 162 Å². The van der Waals surface area contributed by atoms with Gasteiger partial charge in [-0.3, -0.25) is 14.6 Å². The Balaban J connectivity index is 1.33. The molecule has 0 aliphatic heterocycles. The summed E-state index contributed by atoms with van der Waals surface area (Å²) in [6.07, 6.45) is 13.3. The van der Waals surface area contributed by atoms with Gasteiger partial charge in [0.15, 0.2) is 6.20 Å². The van der Waals surface area contributed by atoms with Gasteiger partial charge in [0.25, 0.3) is 5.91 Å². The third-order valence-electron chi connectivity index (χ3n) is 8.02. The molecule has 0 fully saturated rings. The van der Waals surface area contributed by atoms with Crippen molar-refractivity contribution in [1.29, 1.82) is 0 Å². The SMILES string of the molecule is C\C=C/C(/C=C/c1ccc(N(CCO)CCO)cc1)=N/CC(=O)NCCSSCCNC(=O)C[n+]1ccccc1/C=C/c1ccc(N(CCO)CCO)cc1. The monoisotopic (exact) mass is 791 g/mol. The Kier molecular flexibility index (Phi) is 22.2. The van der Waals surface area contributed by atoms with Crippen LogP contribution in [-0.2, 0) is 16.1 Å². The van der Waals surface area contributed by atoms with Crippen molar-refractivity contribution in [2.45, 2.75) is 13.5 Å². The molecule has 0 aliphatic rings. The molecule has 3 aromatic rings. The summed E-state index contributed by atoms with van der Waals surface area (Å²) in [4.78, 5) is 33.4. The normalized spacial score (nSPS) is 11.8. The smallest absolute Gasteiger partial charge is 0.286 e. The summed E-state index contributed by atoms with van der Waals surface area (Å²) in [6.45, 7) is 5.00. The number of anilines is 2. The van der Waals surface area contributed by atoms with Crippen LogP contribution in [0, 0.1) is 0 Å². The first kappa shape index (κ1) is 45.0. The van der Waals surface area contributed by atoms with Crippen molar-refractivity contribution in [3.8, 4) is 0 Å². The van der Waals surface area contributed by atoms with Gasteiger partial charge in [-0.15, -0.1) is 0 Å². The van der Waals surface area contributed by atoms with Gasteiger partial charge in [-0.2, -0.15) is 4.57 Å². The Labute approximate surface area is 332 Å². The highest BCUT2D eigenvalue weighted by molar-refractivity contribution is 8.76. The van der Waals surface area contributed by atoms with Gasteiger partial charge < -0.3 is 40.9 Å². The zero-order chi connectivity index (χ0) is 39.5. The summed E-state index contributed by atoms with van der Waals surface area (Å²) in [5.74, 6) is 1.22. The summed E-state index contributed by atoms with van der Waals surface area (Å²) < 4.78 is 1.89. The minimum absolute atomic E-state index is 0.00885. The molecule has 14 heteroatoms. The number of pyridine rings is 1. The molecule has 2 aromatic carbocycles. The van der Waals surface area contributed by atoms with E-state index in [9.17, 15) is 30.0 Å². The number of rotatable bonds is 26. The quantitative estimate of drug-likeness (QED) is 0.0309. The van der Waals surface area contributed by atoms with Crippen molar-refractivity contribution in [2.75, 3.05) is 93.5 Å². The molecule has 0 aliphatic carbocycles. The first-order valence-corrected chi connectivity index (χ1v) is 20.8. The van der Waals surface area contributed by atoms with Crippen LogP contribution in [0.3, 0.4) is 0 Å². The average Bonchev–Trinajstić information content (AvgIpc) is 3.20. The molecule has 1 heterocycles. The van der Waals surface area contributed by atoms with Gasteiger partial charge >= 0.3 is 0 Å². The third-order valence-corrected chi connectivity index (χ3v) is 10.4. The first-order valence-electron chi connectivity index (χ1n) is 18.3. The molecule has 55 heavy (non-hydrogen) atoms. The Morgan fingerprint density at radius 3 is 1.75 bits per heavy atom. The molecule has 0 bridgehead atoms. The van der Waals surface area contributed by atoms with Crippen molar-refractivity contribution in [1.82, 2.24) is 10.6 Å². The predicted molar refractivity (Wildman–Crippen MR) is 228 cm³/mol. The molecule has 0 unspecified atom stereocenters. The number of carbonyl (C=O) groups excluding carboxylic acids is 2. The van der Waals surface area contributed by atoms with Gasteiger partial charge in [0.05, 0.1) is 32.1 Å². The summed E-state index contributed by atoms with van der Waals surface area (Å²) in [5.41, 5.74) is 5.37. The fourth-order valence-corrected chi connectivity index (χ4v) is 7.12. The van der Waals surface area contributed by atoms with E-state index in [1.54, 1.807) is 21.6 Å². The van der Waals surface area contributed by atoms with Crippen LogP contribution in [0.5, 0.6) is 0 Å². The number of hydrogen-bond acceptors (Lipinski definition) is 11. The van der Waals surface area contributed by atoms with E-state index in [2.05, 4.69) is 15.6 Å². The van der Waals surface area contributed by atoms with E-state index in [-0.39, 0.29) is 51.3 Å². The van der Waals surface area contributed by atoms with Crippen molar-refractivity contribution >= 4 is 68.7 Å². The molecular weight excluding hydrogens is 737 g/mol. The number of amides is 2. The zero-order valence-electron chi connectivity index (χ0n) is 31.5. The molecule has 6 N–H and O–H groups in total. The Morgan fingerprint density at radius 1 is 0.691 bits per heavy atom. The molecule has 0 radical (unpaired) electrons. The van der Waals surface area contributed by atoms with Crippen LogP contribution >= 0.6 is 21.6 Å². The number of aliphatic imine (C=N–C) groups is 1. The van der Waals surface area contributed by atoms with E-state index in [0.29, 0.717) is 45.0 Å². The van der Waals surface area contributed by atoms with Crippen LogP contribution < -0.4 is 25.0 Å². The van der Waals surface area contributed by atoms with E-state index >= 15 is 0 Å². The van der Waals surface area contributed by atoms with Gasteiger partial charge in [-0.05, 0) is 66.6 Å². The second-order valence-corrected chi connectivity index (χ2v) is 14.8. The van der Waals surface area contributed by atoms with Crippen molar-refractivity contribution in [3.63, 3.8) is 0 Å². The largest absolute Gasteiger partial charge is 0.395 e. The predicted octanol–water partition coefficient (Wildman–Crippen LogP) is 3.07. The minimum Gasteiger partial charge on any atom is -0.395 e. The van der Waals surface area contributed by atoms with Crippen LogP contribution in [-0.4, -0.2) is 122 Å². The van der Waals surface area contributed by atoms with E-state index in [4.69, 9.17) is 0 Å². The molecule has 0 atom stereocenters. The number of allylic oxidation sites excluding steroid dienone is 3. The van der Waals surface area contributed by atoms with Crippen molar-refractivity contribution < 1.29 is 34.6 Å². The number of aliphatic hydroxyl groups is 4. The zero-order valence-corrected chi connectivity index (χ0v) is 33.1. The Bertz CT molecular complexity index is 1670. The third kappa shape index (κ3) is 17.7. The second-order valence-electron chi connectivity index (χ2n) is 12.1. The number of aromatic nitrogens is 1. The molecule has 12 nitrogen and oxygen atoms in total. The van der Waals surface area contributed by atoms with E-state index in [1.165, 1.54) is 0 Å². The van der Waals surface area contributed by atoms with Crippen LogP contribution in [0.2, 0.25) is 0 Å². The maximum Gasteiger partial charge on any atom is 0.286 e. The lowest BCUT2D eigenvalue weighted by Crippen LogP contribution is -2.45. The van der Waals surface area contributed by atoms with Crippen molar-refractivity contribution in [2.24, 2.45) is 4.99 Å². The van der Waals surface area contributed by atoms with Gasteiger partial charge in [0, 0.05) is 80.4 Å². The highest BCUT2D eigenvalue weighted by Gasteiger charge is 2.13. The van der Waals surface area contributed by atoms with E-state index in [0.717, 1.165) is 39.7 Å². The number of benzene rings is 2. The number of nitrogens with zero attached hydrogens (tertiary/aromatic N) is 4. The lowest BCUT2D eigenvalue weighted by atomic mass is 10.1. The maximum absolute atomic E-state index is 12.7. The molecule has 2 amide bonds.